The van der Waals surface area contributed by atoms with E-state index in [1.807, 2.05) is 24.3 Å². The largest absolute Gasteiger partial charge is 0.497 e. The summed E-state index contributed by atoms with van der Waals surface area (Å²) in [6, 6.07) is 7.97. The van der Waals surface area contributed by atoms with Gasteiger partial charge in [-0.25, -0.2) is 0 Å². The fourth-order valence-corrected chi connectivity index (χ4v) is 5.74. The van der Waals surface area contributed by atoms with Gasteiger partial charge in [0.15, 0.2) is 14.6 Å². The molecule has 1 aliphatic heterocycles. The highest BCUT2D eigenvalue weighted by atomic mass is 127. The predicted molar refractivity (Wildman–Crippen MR) is 135 cm³/mol. The van der Waals surface area contributed by atoms with Gasteiger partial charge in [-0.3, -0.25) is 0 Å². The van der Waals surface area contributed by atoms with Gasteiger partial charge in [0.25, 0.3) is 0 Å². The molecule has 0 radical (unpaired) electrons. The summed E-state index contributed by atoms with van der Waals surface area (Å²) in [6.45, 7) is 19.2. The zero-order chi connectivity index (χ0) is 22.7. The average Bonchev–Trinajstić information content (AvgIpc) is 2.70. The number of rotatable bonds is 8. The second kappa shape index (κ2) is 10.6. The van der Waals surface area contributed by atoms with Gasteiger partial charge in [0, 0.05) is 21.8 Å². The van der Waals surface area contributed by atoms with Crippen molar-refractivity contribution in [3.05, 3.63) is 29.8 Å². The molecule has 1 heterocycles. The molecule has 1 saturated heterocycles. The van der Waals surface area contributed by atoms with E-state index in [2.05, 4.69) is 77.2 Å². The summed E-state index contributed by atoms with van der Waals surface area (Å²) in [4.78, 5) is 0. The second-order valence-corrected chi connectivity index (χ2v) is 16.0. The monoisotopic (exact) mass is 548 g/mol. The van der Waals surface area contributed by atoms with Crippen LogP contribution in [-0.4, -0.2) is 38.7 Å². The van der Waals surface area contributed by atoms with Crippen LogP contribution in [0.5, 0.6) is 5.75 Å². The number of methoxy groups -OCH3 is 1. The maximum absolute atomic E-state index is 6.99. The minimum absolute atomic E-state index is 0.0889. The first kappa shape index (κ1) is 26.1. The number of alkyl halides is 1. The fraction of sp³-hybridized carbons (Fsp3) is 0.750. The zero-order valence-electron chi connectivity index (χ0n) is 20.2. The third-order valence-corrected chi connectivity index (χ3v) is 12.7. The van der Waals surface area contributed by atoms with Crippen LogP contribution in [0.15, 0.2) is 24.3 Å². The van der Waals surface area contributed by atoms with E-state index in [1.165, 1.54) is 0 Å². The standard InChI is InChI=1S/C24H41IO4Si/c1-16(14-25)22(29-30(8,9)24(4,5)6)18(3)21-17(2)15-27-23(28-21)19-10-12-20(26-7)13-11-19/h10-13,16-18,21-23H,14-15H2,1-9H3/t16-,17-,18+,21-,22+,23-/m1/s1. The van der Waals surface area contributed by atoms with Crippen molar-refractivity contribution >= 4 is 30.9 Å². The Morgan fingerprint density at radius 2 is 1.77 bits per heavy atom. The van der Waals surface area contributed by atoms with Gasteiger partial charge in [0.05, 0.1) is 25.9 Å². The lowest BCUT2D eigenvalue weighted by Gasteiger charge is -2.46. The van der Waals surface area contributed by atoms with Crippen molar-refractivity contribution in [3.8, 4) is 5.75 Å². The molecule has 2 rings (SSSR count). The van der Waals surface area contributed by atoms with E-state index in [9.17, 15) is 0 Å². The molecule has 1 aliphatic rings. The highest BCUT2D eigenvalue weighted by molar-refractivity contribution is 14.1. The van der Waals surface area contributed by atoms with E-state index >= 15 is 0 Å². The van der Waals surface area contributed by atoms with Crippen molar-refractivity contribution in [1.29, 1.82) is 0 Å². The minimum Gasteiger partial charge on any atom is -0.497 e. The van der Waals surface area contributed by atoms with Crippen LogP contribution in [0, 0.1) is 17.8 Å². The van der Waals surface area contributed by atoms with Crippen LogP contribution in [0.1, 0.15) is 53.4 Å². The molecule has 0 N–H and O–H groups in total. The molecule has 0 unspecified atom stereocenters. The summed E-state index contributed by atoms with van der Waals surface area (Å²) in [5, 5.41) is 0.184. The van der Waals surface area contributed by atoms with E-state index < -0.39 is 8.32 Å². The van der Waals surface area contributed by atoms with Gasteiger partial charge >= 0.3 is 0 Å². The first-order valence-electron chi connectivity index (χ1n) is 11.1. The molecule has 0 aliphatic carbocycles. The third-order valence-electron chi connectivity index (χ3n) is 6.82. The van der Waals surface area contributed by atoms with Crippen LogP contribution in [-0.2, 0) is 13.9 Å². The molecule has 6 atom stereocenters. The molecular formula is C24H41IO4Si. The smallest absolute Gasteiger partial charge is 0.192 e. The molecule has 1 aromatic rings. The molecule has 30 heavy (non-hydrogen) atoms. The Bertz CT molecular complexity index is 658. The lowest BCUT2D eigenvalue weighted by Crippen LogP contribution is -2.51. The van der Waals surface area contributed by atoms with E-state index in [0.717, 1.165) is 15.7 Å². The van der Waals surface area contributed by atoms with Crippen molar-refractivity contribution < 1.29 is 18.6 Å². The maximum Gasteiger partial charge on any atom is 0.192 e. The molecule has 1 fully saturated rings. The highest BCUT2D eigenvalue weighted by Gasteiger charge is 2.44. The van der Waals surface area contributed by atoms with Gasteiger partial charge in [0.2, 0.25) is 0 Å². The Hall–Kier alpha value is -0.153. The minimum atomic E-state index is -1.89. The normalized spacial score (nSPS) is 26.1. The first-order chi connectivity index (χ1) is 13.9. The van der Waals surface area contributed by atoms with Crippen molar-refractivity contribution in [1.82, 2.24) is 0 Å². The van der Waals surface area contributed by atoms with E-state index in [0.29, 0.717) is 18.4 Å². The van der Waals surface area contributed by atoms with Gasteiger partial charge in [0.1, 0.15) is 5.75 Å². The number of benzene rings is 1. The van der Waals surface area contributed by atoms with E-state index in [-0.39, 0.29) is 29.5 Å². The van der Waals surface area contributed by atoms with Crippen molar-refractivity contribution in [3.63, 3.8) is 0 Å². The van der Waals surface area contributed by atoms with E-state index in [1.54, 1.807) is 7.11 Å². The summed E-state index contributed by atoms with van der Waals surface area (Å²) in [7, 11) is -0.212. The summed E-state index contributed by atoms with van der Waals surface area (Å²) in [6.07, 6.45) is -0.0844. The van der Waals surface area contributed by atoms with Gasteiger partial charge in [-0.05, 0) is 36.2 Å². The van der Waals surface area contributed by atoms with Crippen molar-refractivity contribution in [2.75, 3.05) is 18.1 Å². The van der Waals surface area contributed by atoms with E-state index in [4.69, 9.17) is 18.6 Å². The molecule has 1 aromatic carbocycles. The summed E-state index contributed by atoms with van der Waals surface area (Å²) >= 11 is 2.49. The Morgan fingerprint density at radius 1 is 1.17 bits per heavy atom. The molecule has 6 heteroatoms. The molecule has 0 saturated carbocycles. The van der Waals surface area contributed by atoms with Crippen LogP contribution >= 0.6 is 22.6 Å². The lowest BCUT2D eigenvalue weighted by atomic mass is 9.84. The SMILES string of the molecule is COc1ccc([C@@H]2OC[C@@H](C)[C@H]([C@H](C)[C@@H](O[Si](C)(C)C(C)(C)C)[C@H](C)CI)O2)cc1. The number of hydrogen-bond acceptors (Lipinski definition) is 4. The van der Waals surface area contributed by atoms with Crippen molar-refractivity contribution in [2.24, 2.45) is 17.8 Å². The summed E-state index contributed by atoms with van der Waals surface area (Å²) < 4.78 is 26.0. The summed E-state index contributed by atoms with van der Waals surface area (Å²) in [5.41, 5.74) is 1.03. The van der Waals surface area contributed by atoms with Gasteiger partial charge < -0.3 is 18.6 Å². The molecule has 172 valence electrons. The molecule has 0 bridgehead atoms. The maximum atomic E-state index is 6.99. The lowest BCUT2D eigenvalue weighted by molar-refractivity contribution is -0.256. The summed E-state index contributed by atoms with van der Waals surface area (Å²) in [5.74, 6) is 1.91. The first-order valence-corrected chi connectivity index (χ1v) is 15.5. The van der Waals surface area contributed by atoms with Gasteiger partial charge in [-0.15, -0.1) is 0 Å². The Balaban J connectivity index is 2.22. The quantitative estimate of drug-likeness (QED) is 0.203. The number of ether oxygens (including phenoxy) is 3. The Kier molecular flexibility index (Phi) is 9.26. The van der Waals surface area contributed by atoms with Crippen molar-refractivity contribution in [2.45, 2.75) is 78.2 Å². The zero-order valence-corrected chi connectivity index (χ0v) is 23.4. The molecule has 0 aromatic heterocycles. The van der Waals surface area contributed by atoms with Crippen LogP contribution in [0.2, 0.25) is 18.1 Å². The molecule has 0 amide bonds. The van der Waals surface area contributed by atoms with Gasteiger partial charge in [-0.1, -0.05) is 76.3 Å². The Morgan fingerprint density at radius 3 is 2.27 bits per heavy atom. The topological polar surface area (TPSA) is 36.9 Å². The molecule has 0 spiro atoms. The number of hydrogen-bond donors (Lipinski definition) is 0. The van der Waals surface area contributed by atoms with Crippen LogP contribution in [0.3, 0.4) is 0 Å². The molecular weight excluding hydrogens is 507 g/mol. The Labute approximate surface area is 198 Å². The van der Waals surface area contributed by atoms with Crippen LogP contribution < -0.4 is 4.74 Å². The highest BCUT2D eigenvalue weighted by Crippen LogP contribution is 2.42. The fourth-order valence-electron chi connectivity index (χ4n) is 3.76. The number of halogens is 1. The van der Waals surface area contributed by atoms with Crippen LogP contribution in [0.4, 0.5) is 0 Å². The average molecular weight is 549 g/mol. The third kappa shape index (κ3) is 6.21. The van der Waals surface area contributed by atoms with Gasteiger partial charge in [-0.2, -0.15) is 0 Å². The second-order valence-electron chi connectivity index (χ2n) is 10.3. The molecule has 4 nitrogen and oxygen atoms in total. The predicted octanol–water partition coefficient (Wildman–Crippen LogP) is 6.84. The van der Waals surface area contributed by atoms with Crippen LogP contribution in [0.25, 0.3) is 0 Å².